The van der Waals surface area contributed by atoms with Crippen LogP contribution in [0, 0.1) is 12.8 Å². The van der Waals surface area contributed by atoms with Crippen molar-refractivity contribution in [3.63, 3.8) is 0 Å². The van der Waals surface area contributed by atoms with E-state index in [-0.39, 0.29) is 22.6 Å². The molecule has 138 valence electrons. The van der Waals surface area contributed by atoms with E-state index in [0.29, 0.717) is 11.4 Å². The predicted molar refractivity (Wildman–Crippen MR) is 101 cm³/mol. The molecular weight excluding hydrogens is 352 g/mol. The minimum absolute atomic E-state index is 0.0548. The van der Waals surface area contributed by atoms with Crippen molar-refractivity contribution in [3.05, 3.63) is 47.5 Å². The predicted octanol–water partition coefficient (Wildman–Crippen LogP) is 3.50. The number of rotatable bonds is 5. The van der Waals surface area contributed by atoms with Crippen molar-refractivity contribution in [3.8, 4) is 5.75 Å². The zero-order valence-electron chi connectivity index (χ0n) is 15.2. The maximum absolute atomic E-state index is 12.7. The summed E-state index contributed by atoms with van der Waals surface area (Å²) in [7, 11) is -2.20. The number of carbonyl (C=O) groups is 1. The van der Waals surface area contributed by atoms with Crippen LogP contribution in [-0.4, -0.2) is 21.4 Å². The average molecular weight is 374 g/mol. The van der Waals surface area contributed by atoms with Gasteiger partial charge in [-0.25, -0.2) is 8.42 Å². The van der Waals surface area contributed by atoms with E-state index >= 15 is 0 Å². The monoisotopic (exact) mass is 374 g/mol. The van der Waals surface area contributed by atoms with Crippen LogP contribution >= 0.6 is 0 Å². The Hall–Kier alpha value is -2.54. The fourth-order valence-electron chi connectivity index (χ4n) is 3.24. The highest BCUT2D eigenvalue weighted by Gasteiger charge is 2.33. The number of hydrogen-bond acceptors (Lipinski definition) is 4. The standard InChI is InChI=1S/C19H22N2O4S/c1-11(2)18-15-10-13(5-7-16(15)20-19(18)22)21-26(23,24)14-6-8-17(25-4)12(3)9-14/h5-11,18,21H,1-4H3,(H,20,22). The van der Waals surface area contributed by atoms with Gasteiger partial charge in [-0.15, -0.1) is 0 Å². The topological polar surface area (TPSA) is 84.5 Å². The van der Waals surface area contributed by atoms with E-state index in [9.17, 15) is 13.2 Å². The molecular formula is C19H22N2O4S. The highest BCUT2D eigenvalue weighted by atomic mass is 32.2. The summed E-state index contributed by atoms with van der Waals surface area (Å²) in [6, 6.07) is 9.80. The number of fused-ring (bicyclic) bond motifs is 1. The Bertz CT molecular complexity index is 967. The number of benzene rings is 2. The number of amides is 1. The molecule has 0 saturated carbocycles. The largest absolute Gasteiger partial charge is 0.496 e. The second-order valence-corrected chi connectivity index (χ2v) is 8.43. The highest BCUT2D eigenvalue weighted by molar-refractivity contribution is 7.92. The lowest BCUT2D eigenvalue weighted by Gasteiger charge is -2.14. The number of ether oxygens (including phenoxy) is 1. The van der Waals surface area contributed by atoms with Gasteiger partial charge in [0.2, 0.25) is 5.91 Å². The molecule has 2 aromatic carbocycles. The van der Waals surface area contributed by atoms with Crippen molar-refractivity contribution in [2.24, 2.45) is 5.92 Å². The Morgan fingerprint density at radius 2 is 1.88 bits per heavy atom. The van der Waals surface area contributed by atoms with E-state index < -0.39 is 10.0 Å². The molecule has 2 N–H and O–H groups in total. The summed E-state index contributed by atoms with van der Waals surface area (Å²) in [5.74, 6) is 0.414. The second-order valence-electron chi connectivity index (χ2n) is 6.75. The van der Waals surface area contributed by atoms with E-state index in [0.717, 1.165) is 16.8 Å². The third kappa shape index (κ3) is 3.26. The van der Waals surface area contributed by atoms with Gasteiger partial charge in [-0.3, -0.25) is 9.52 Å². The van der Waals surface area contributed by atoms with E-state index in [4.69, 9.17) is 4.74 Å². The molecule has 0 aliphatic carbocycles. The first-order chi connectivity index (χ1) is 12.2. The number of hydrogen-bond donors (Lipinski definition) is 2. The lowest BCUT2D eigenvalue weighted by molar-refractivity contribution is -0.117. The summed E-state index contributed by atoms with van der Waals surface area (Å²) in [6.07, 6.45) is 0. The smallest absolute Gasteiger partial charge is 0.261 e. The van der Waals surface area contributed by atoms with Crippen LogP contribution in [0.25, 0.3) is 0 Å². The summed E-state index contributed by atoms with van der Waals surface area (Å²) >= 11 is 0. The van der Waals surface area contributed by atoms with Gasteiger partial charge in [-0.1, -0.05) is 13.8 Å². The Labute approximate surface area is 153 Å². The molecule has 0 radical (unpaired) electrons. The number of sulfonamides is 1. The molecule has 0 saturated heterocycles. The van der Waals surface area contributed by atoms with Gasteiger partial charge in [0.25, 0.3) is 10.0 Å². The summed E-state index contributed by atoms with van der Waals surface area (Å²) in [5, 5.41) is 2.84. The first kappa shape index (κ1) is 18.3. The van der Waals surface area contributed by atoms with Gasteiger partial charge in [-0.2, -0.15) is 0 Å². The third-order valence-corrected chi connectivity index (χ3v) is 5.90. The van der Waals surface area contributed by atoms with Crippen molar-refractivity contribution in [2.45, 2.75) is 31.6 Å². The van der Waals surface area contributed by atoms with E-state index in [2.05, 4.69) is 10.0 Å². The molecule has 1 amide bonds. The molecule has 0 bridgehead atoms. The molecule has 1 aliphatic heterocycles. The lowest BCUT2D eigenvalue weighted by Crippen LogP contribution is -2.17. The zero-order valence-corrected chi connectivity index (χ0v) is 16.0. The molecule has 1 unspecified atom stereocenters. The minimum Gasteiger partial charge on any atom is -0.496 e. The quantitative estimate of drug-likeness (QED) is 0.839. The van der Waals surface area contributed by atoms with Gasteiger partial charge in [-0.05, 0) is 60.4 Å². The Morgan fingerprint density at radius 3 is 2.50 bits per heavy atom. The zero-order chi connectivity index (χ0) is 19.1. The summed E-state index contributed by atoms with van der Waals surface area (Å²) in [5.41, 5.74) is 2.71. The second kappa shape index (κ2) is 6.64. The molecule has 1 atom stereocenters. The van der Waals surface area contributed by atoms with Gasteiger partial charge < -0.3 is 10.1 Å². The van der Waals surface area contributed by atoms with Crippen molar-refractivity contribution < 1.29 is 17.9 Å². The van der Waals surface area contributed by atoms with Crippen LogP contribution in [-0.2, 0) is 14.8 Å². The minimum atomic E-state index is -3.74. The number of aryl methyl sites for hydroxylation is 1. The molecule has 3 rings (SSSR count). The van der Waals surface area contributed by atoms with Crippen molar-refractivity contribution in [2.75, 3.05) is 17.1 Å². The van der Waals surface area contributed by atoms with Gasteiger partial charge in [0, 0.05) is 11.4 Å². The van der Waals surface area contributed by atoms with Gasteiger partial charge >= 0.3 is 0 Å². The van der Waals surface area contributed by atoms with Crippen molar-refractivity contribution >= 4 is 27.3 Å². The van der Waals surface area contributed by atoms with Crippen LogP contribution in [0.15, 0.2) is 41.3 Å². The van der Waals surface area contributed by atoms with E-state index in [1.165, 1.54) is 6.07 Å². The van der Waals surface area contributed by atoms with E-state index in [1.54, 1.807) is 44.4 Å². The number of carbonyl (C=O) groups excluding carboxylic acids is 1. The maximum Gasteiger partial charge on any atom is 0.261 e. The molecule has 6 nitrogen and oxygen atoms in total. The van der Waals surface area contributed by atoms with Gasteiger partial charge in [0.15, 0.2) is 0 Å². The summed E-state index contributed by atoms with van der Waals surface area (Å²) < 4.78 is 33.2. The highest BCUT2D eigenvalue weighted by Crippen LogP contribution is 2.39. The van der Waals surface area contributed by atoms with Crippen molar-refractivity contribution in [1.29, 1.82) is 0 Å². The maximum atomic E-state index is 12.7. The number of anilines is 2. The third-order valence-electron chi connectivity index (χ3n) is 4.52. The van der Waals surface area contributed by atoms with Crippen LogP contribution in [0.3, 0.4) is 0 Å². The first-order valence-corrected chi connectivity index (χ1v) is 9.83. The fourth-order valence-corrected chi connectivity index (χ4v) is 4.38. The van der Waals surface area contributed by atoms with Gasteiger partial charge in [0.05, 0.1) is 17.9 Å². The Balaban J connectivity index is 1.92. The van der Waals surface area contributed by atoms with Crippen molar-refractivity contribution in [1.82, 2.24) is 0 Å². The molecule has 0 fully saturated rings. The molecule has 0 aromatic heterocycles. The lowest BCUT2D eigenvalue weighted by atomic mass is 9.89. The van der Waals surface area contributed by atoms with Crippen LogP contribution in [0.4, 0.5) is 11.4 Å². The summed E-state index contributed by atoms with van der Waals surface area (Å²) in [4.78, 5) is 12.3. The van der Waals surface area contributed by atoms with Gasteiger partial charge in [0.1, 0.15) is 5.75 Å². The fraction of sp³-hybridized carbons (Fsp3) is 0.316. The average Bonchev–Trinajstić information content (AvgIpc) is 2.89. The molecule has 7 heteroatoms. The Morgan fingerprint density at radius 1 is 1.15 bits per heavy atom. The normalized spacial score (nSPS) is 16.3. The molecule has 0 spiro atoms. The molecule has 1 aliphatic rings. The van der Waals surface area contributed by atoms with E-state index in [1.807, 2.05) is 13.8 Å². The SMILES string of the molecule is COc1ccc(S(=O)(=O)Nc2ccc3c(c2)C(C(C)C)C(=O)N3)cc1C. The first-order valence-electron chi connectivity index (χ1n) is 8.35. The summed E-state index contributed by atoms with van der Waals surface area (Å²) in [6.45, 7) is 5.73. The van der Waals surface area contributed by atoms with Crippen LogP contribution < -0.4 is 14.8 Å². The van der Waals surface area contributed by atoms with Crippen LogP contribution in [0.5, 0.6) is 5.75 Å². The molecule has 1 heterocycles. The van der Waals surface area contributed by atoms with Crippen LogP contribution in [0.2, 0.25) is 0 Å². The Kier molecular flexibility index (Phi) is 4.66. The number of methoxy groups -OCH3 is 1. The molecule has 26 heavy (non-hydrogen) atoms. The van der Waals surface area contributed by atoms with Crippen LogP contribution in [0.1, 0.15) is 30.9 Å². The number of nitrogens with one attached hydrogen (secondary N) is 2. The molecule has 2 aromatic rings.